The summed E-state index contributed by atoms with van der Waals surface area (Å²) in [6.07, 6.45) is 0.901. The third-order valence-corrected chi connectivity index (χ3v) is 4.02. The summed E-state index contributed by atoms with van der Waals surface area (Å²) in [5.74, 6) is 2.43. The number of halogens is 1. The van der Waals surface area contributed by atoms with Gasteiger partial charge in [0.25, 0.3) is 0 Å². The molecule has 116 valence electrons. The molecule has 2 aromatic carbocycles. The van der Waals surface area contributed by atoms with E-state index in [0.717, 1.165) is 39.4 Å². The Hall–Kier alpha value is -1.88. The van der Waals surface area contributed by atoms with Crippen LogP contribution in [-0.2, 0) is 6.54 Å². The van der Waals surface area contributed by atoms with E-state index in [0.29, 0.717) is 19.8 Å². The largest absolute Gasteiger partial charge is 0.497 e. The predicted octanol–water partition coefficient (Wildman–Crippen LogP) is 4.23. The van der Waals surface area contributed by atoms with Gasteiger partial charge in [-0.2, -0.15) is 0 Å². The molecule has 0 fully saturated rings. The molecular weight excluding hydrogens is 346 g/mol. The van der Waals surface area contributed by atoms with Gasteiger partial charge in [0.1, 0.15) is 5.75 Å². The van der Waals surface area contributed by atoms with Gasteiger partial charge in [-0.25, -0.2) is 0 Å². The van der Waals surface area contributed by atoms with Crippen LogP contribution in [0, 0.1) is 0 Å². The van der Waals surface area contributed by atoms with Crippen molar-refractivity contribution in [1.82, 2.24) is 0 Å². The first-order valence-corrected chi connectivity index (χ1v) is 8.01. The first-order valence-electron chi connectivity index (χ1n) is 7.22. The average molecular weight is 364 g/mol. The van der Waals surface area contributed by atoms with E-state index in [-0.39, 0.29) is 0 Å². The van der Waals surface area contributed by atoms with Gasteiger partial charge in [-0.05, 0) is 45.8 Å². The van der Waals surface area contributed by atoms with E-state index < -0.39 is 0 Å². The topological polar surface area (TPSA) is 39.7 Å². The van der Waals surface area contributed by atoms with Crippen LogP contribution < -0.4 is 19.5 Å². The quantitative estimate of drug-likeness (QED) is 0.881. The fourth-order valence-corrected chi connectivity index (χ4v) is 2.93. The van der Waals surface area contributed by atoms with Crippen LogP contribution in [0.4, 0.5) is 5.69 Å². The van der Waals surface area contributed by atoms with Crippen LogP contribution in [0.25, 0.3) is 0 Å². The first-order chi connectivity index (χ1) is 10.8. The molecule has 3 rings (SSSR count). The summed E-state index contributed by atoms with van der Waals surface area (Å²) in [4.78, 5) is 0. The summed E-state index contributed by atoms with van der Waals surface area (Å²) < 4.78 is 17.6. The fourth-order valence-electron chi connectivity index (χ4n) is 2.32. The number of ether oxygens (including phenoxy) is 3. The van der Waals surface area contributed by atoms with Crippen molar-refractivity contribution in [3.8, 4) is 17.2 Å². The molecule has 0 spiro atoms. The van der Waals surface area contributed by atoms with Gasteiger partial charge in [-0.1, -0.05) is 6.07 Å². The van der Waals surface area contributed by atoms with Gasteiger partial charge < -0.3 is 19.5 Å². The SMILES string of the molecule is COc1cccc(NCc2cc(Br)c3c(c2)OCCCO3)c1. The van der Waals surface area contributed by atoms with Crippen molar-refractivity contribution < 1.29 is 14.2 Å². The number of hydrogen-bond donors (Lipinski definition) is 1. The molecule has 0 saturated carbocycles. The highest BCUT2D eigenvalue weighted by Gasteiger charge is 2.15. The van der Waals surface area contributed by atoms with E-state index in [1.165, 1.54) is 0 Å². The third kappa shape index (κ3) is 3.47. The Morgan fingerprint density at radius 1 is 1.18 bits per heavy atom. The number of nitrogens with one attached hydrogen (secondary N) is 1. The molecule has 0 aliphatic carbocycles. The zero-order chi connectivity index (χ0) is 15.4. The number of fused-ring (bicyclic) bond motifs is 1. The second-order valence-electron chi connectivity index (χ2n) is 5.04. The minimum atomic E-state index is 0.687. The summed E-state index contributed by atoms with van der Waals surface area (Å²) in [6, 6.07) is 12.0. The van der Waals surface area contributed by atoms with E-state index in [9.17, 15) is 0 Å². The molecule has 4 nitrogen and oxygen atoms in total. The molecule has 1 N–H and O–H groups in total. The highest BCUT2D eigenvalue weighted by molar-refractivity contribution is 9.10. The van der Waals surface area contributed by atoms with E-state index in [1.807, 2.05) is 30.3 Å². The third-order valence-electron chi connectivity index (χ3n) is 3.43. The molecule has 0 unspecified atom stereocenters. The number of benzene rings is 2. The molecule has 0 bridgehead atoms. The second-order valence-corrected chi connectivity index (χ2v) is 5.90. The molecule has 0 saturated heterocycles. The van der Waals surface area contributed by atoms with Crippen molar-refractivity contribution in [1.29, 1.82) is 0 Å². The average Bonchev–Trinajstić information content (AvgIpc) is 2.79. The lowest BCUT2D eigenvalue weighted by Gasteiger charge is -2.13. The molecular formula is C17H18BrNO3. The summed E-state index contributed by atoms with van der Waals surface area (Å²) >= 11 is 3.56. The smallest absolute Gasteiger partial charge is 0.175 e. The van der Waals surface area contributed by atoms with Crippen LogP contribution in [0.2, 0.25) is 0 Å². The van der Waals surface area contributed by atoms with Crippen LogP contribution >= 0.6 is 15.9 Å². The van der Waals surface area contributed by atoms with Crippen LogP contribution in [0.5, 0.6) is 17.2 Å². The molecule has 0 radical (unpaired) electrons. The number of hydrogen-bond acceptors (Lipinski definition) is 4. The van der Waals surface area contributed by atoms with Crippen molar-refractivity contribution in [2.45, 2.75) is 13.0 Å². The second kappa shape index (κ2) is 6.92. The van der Waals surface area contributed by atoms with Gasteiger partial charge in [-0.3, -0.25) is 0 Å². The Bertz CT molecular complexity index is 660. The number of rotatable bonds is 4. The van der Waals surface area contributed by atoms with Crippen molar-refractivity contribution in [2.24, 2.45) is 0 Å². The Morgan fingerprint density at radius 2 is 2.05 bits per heavy atom. The first kappa shape index (κ1) is 15.0. The highest BCUT2D eigenvalue weighted by atomic mass is 79.9. The zero-order valence-electron chi connectivity index (χ0n) is 12.4. The van der Waals surface area contributed by atoms with Gasteiger partial charge in [0.05, 0.1) is 24.8 Å². The number of methoxy groups -OCH3 is 1. The standard InChI is InChI=1S/C17H18BrNO3/c1-20-14-5-2-4-13(10-14)19-11-12-8-15(18)17-16(9-12)21-6-3-7-22-17/h2,4-5,8-10,19H,3,6-7,11H2,1H3. The number of anilines is 1. The summed E-state index contributed by atoms with van der Waals surface area (Å²) in [5.41, 5.74) is 2.14. The van der Waals surface area contributed by atoms with Crippen LogP contribution in [0.3, 0.4) is 0 Å². The Morgan fingerprint density at radius 3 is 2.91 bits per heavy atom. The van der Waals surface area contributed by atoms with Gasteiger partial charge in [0, 0.05) is 24.7 Å². The molecule has 5 heteroatoms. The highest BCUT2D eigenvalue weighted by Crippen LogP contribution is 2.38. The lowest BCUT2D eigenvalue weighted by Crippen LogP contribution is -2.01. The summed E-state index contributed by atoms with van der Waals surface area (Å²) in [6.45, 7) is 2.07. The lowest BCUT2D eigenvalue weighted by molar-refractivity contribution is 0.296. The maximum atomic E-state index is 5.76. The Balaban J connectivity index is 1.75. The van der Waals surface area contributed by atoms with Gasteiger partial charge >= 0.3 is 0 Å². The van der Waals surface area contributed by atoms with Gasteiger partial charge in [0.2, 0.25) is 0 Å². The Kier molecular flexibility index (Phi) is 4.73. The van der Waals surface area contributed by atoms with E-state index in [1.54, 1.807) is 7.11 Å². The minimum absolute atomic E-state index is 0.687. The molecule has 0 amide bonds. The van der Waals surface area contributed by atoms with Crippen molar-refractivity contribution >= 4 is 21.6 Å². The van der Waals surface area contributed by atoms with E-state index >= 15 is 0 Å². The van der Waals surface area contributed by atoms with Crippen molar-refractivity contribution in [3.63, 3.8) is 0 Å². The lowest BCUT2D eigenvalue weighted by atomic mass is 10.2. The molecule has 0 atom stereocenters. The summed E-state index contributed by atoms with van der Waals surface area (Å²) in [7, 11) is 1.67. The molecule has 1 aliphatic rings. The van der Waals surface area contributed by atoms with Crippen molar-refractivity contribution in [3.05, 3.63) is 46.4 Å². The van der Waals surface area contributed by atoms with Crippen LogP contribution in [-0.4, -0.2) is 20.3 Å². The molecule has 1 aliphatic heterocycles. The molecule has 1 heterocycles. The van der Waals surface area contributed by atoms with E-state index in [2.05, 4.69) is 27.3 Å². The summed E-state index contributed by atoms with van der Waals surface area (Å²) in [5, 5.41) is 3.39. The van der Waals surface area contributed by atoms with E-state index in [4.69, 9.17) is 14.2 Å². The maximum Gasteiger partial charge on any atom is 0.175 e. The van der Waals surface area contributed by atoms with Gasteiger partial charge in [0.15, 0.2) is 11.5 Å². The molecule has 2 aromatic rings. The normalized spacial score (nSPS) is 13.4. The zero-order valence-corrected chi connectivity index (χ0v) is 14.0. The Labute approximate surface area is 138 Å². The monoisotopic (exact) mass is 363 g/mol. The van der Waals surface area contributed by atoms with Gasteiger partial charge in [-0.15, -0.1) is 0 Å². The molecule has 22 heavy (non-hydrogen) atoms. The maximum absolute atomic E-state index is 5.76. The minimum Gasteiger partial charge on any atom is -0.497 e. The predicted molar refractivity (Wildman–Crippen MR) is 90.1 cm³/mol. The molecule has 0 aromatic heterocycles. The van der Waals surface area contributed by atoms with Crippen LogP contribution in [0.15, 0.2) is 40.9 Å². The fraction of sp³-hybridized carbons (Fsp3) is 0.294. The van der Waals surface area contributed by atoms with Crippen molar-refractivity contribution in [2.75, 3.05) is 25.6 Å². The van der Waals surface area contributed by atoms with Crippen LogP contribution in [0.1, 0.15) is 12.0 Å².